The van der Waals surface area contributed by atoms with Crippen LogP contribution in [0.2, 0.25) is 0 Å². The van der Waals surface area contributed by atoms with Gasteiger partial charge in [-0.25, -0.2) is 0 Å². The summed E-state index contributed by atoms with van der Waals surface area (Å²) in [5.74, 6) is 0.704. The van der Waals surface area contributed by atoms with Crippen LogP contribution >= 0.6 is 11.8 Å². The second kappa shape index (κ2) is 6.65. The van der Waals surface area contributed by atoms with E-state index in [2.05, 4.69) is 55.3 Å². The van der Waals surface area contributed by atoms with Crippen LogP contribution in [-0.2, 0) is 6.42 Å². The van der Waals surface area contributed by atoms with E-state index in [0.717, 1.165) is 19.5 Å². The maximum absolute atomic E-state index is 9.69. The fourth-order valence-corrected chi connectivity index (χ4v) is 3.41. The summed E-state index contributed by atoms with van der Waals surface area (Å²) < 4.78 is 0. The second-order valence-corrected chi connectivity index (χ2v) is 6.98. The van der Waals surface area contributed by atoms with E-state index in [-0.39, 0.29) is 5.54 Å². The highest BCUT2D eigenvalue weighted by atomic mass is 32.2. The lowest BCUT2D eigenvalue weighted by Crippen LogP contribution is -2.51. The van der Waals surface area contributed by atoms with Gasteiger partial charge in [-0.2, -0.15) is 5.26 Å². The summed E-state index contributed by atoms with van der Waals surface area (Å²) in [6.45, 7) is 6.48. The van der Waals surface area contributed by atoms with Crippen LogP contribution in [-0.4, -0.2) is 29.8 Å². The molecule has 1 heterocycles. The largest absolute Gasteiger partial charge is 0.285 e. The molecule has 2 rings (SSSR count). The van der Waals surface area contributed by atoms with Gasteiger partial charge in [-0.05, 0) is 56.2 Å². The summed E-state index contributed by atoms with van der Waals surface area (Å²) in [6, 6.07) is 11.2. The second-order valence-electron chi connectivity index (χ2n) is 6.10. The molecule has 1 fully saturated rings. The minimum atomic E-state index is -0.379. The van der Waals surface area contributed by atoms with Gasteiger partial charge in [0.1, 0.15) is 5.54 Å². The fraction of sp³-hybridized carbons (Fsp3) is 0.588. The molecule has 1 aliphatic rings. The summed E-state index contributed by atoms with van der Waals surface area (Å²) in [6.07, 6.45) is 5.40. The third-order valence-corrected chi connectivity index (χ3v) is 5.05. The lowest BCUT2D eigenvalue weighted by atomic mass is 9.88. The van der Waals surface area contributed by atoms with Crippen LogP contribution in [0, 0.1) is 17.2 Å². The molecule has 3 heteroatoms. The number of likely N-dealkylation sites (tertiary alicyclic amines) is 1. The van der Waals surface area contributed by atoms with E-state index in [4.69, 9.17) is 0 Å². The van der Waals surface area contributed by atoms with Crippen molar-refractivity contribution in [2.24, 2.45) is 5.92 Å². The molecule has 0 spiro atoms. The average Bonchev–Trinajstić information content (AvgIpc) is 2.48. The number of rotatable bonds is 4. The quantitative estimate of drug-likeness (QED) is 0.785. The number of piperidine rings is 1. The number of hydrogen-bond donors (Lipinski definition) is 0. The van der Waals surface area contributed by atoms with Gasteiger partial charge in [0.15, 0.2) is 0 Å². The van der Waals surface area contributed by atoms with Crippen LogP contribution in [0.4, 0.5) is 0 Å². The Kier molecular flexibility index (Phi) is 5.12. The molecule has 0 radical (unpaired) electrons. The summed E-state index contributed by atoms with van der Waals surface area (Å²) in [7, 11) is 0. The number of thioether (sulfide) groups is 1. The SMILES string of the molecule is CSc1ccc(CC(C)(C#N)N2CCCC(C)C2)cc1. The number of nitrogens with zero attached hydrogens (tertiary/aromatic N) is 2. The highest BCUT2D eigenvalue weighted by molar-refractivity contribution is 7.98. The molecule has 20 heavy (non-hydrogen) atoms. The Bertz CT molecular complexity index is 477. The lowest BCUT2D eigenvalue weighted by Gasteiger charge is -2.41. The smallest absolute Gasteiger partial charge is 0.110 e. The molecule has 108 valence electrons. The summed E-state index contributed by atoms with van der Waals surface area (Å²) in [5, 5.41) is 9.69. The van der Waals surface area contributed by atoms with Gasteiger partial charge >= 0.3 is 0 Å². The van der Waals surface area contributed by atoms with Crippen molar-refractivity contribution in [1.82, 2.24) is 4.90 Å². The first kappa shape index (κ1) is 15.4. The van der Waals surface area contributed by atoms with E-state index in [1.54, 1.807) is 11.8 Å². The van der Waals surface area contributed by atoms with Crippen molar-refractivity contribution >= 4 is 11.8 Å². The first-order valence-electron chi connectivity index (χ1n) is 7.36. The molecule has 0 amide bonds. The third kappa shape index (κ3) is 3.56. The Hall–Kier alpha value is -0.980. The van der Waals surface area contributed by atoms with Crippen LogP contribution in [0.3, 0.4) is 0 Å². The van der Waals surface area contributed by atoms with Gasteiger partial charge in [0.2, 0.25) is 0 Å². The molecule has 0 saturated carbocycles. The number of nitriles is 1. The van der Waals surface area contributed by atoms with Crippen molar-refractivity contribution in [1.29, 1.82) is 5.26 Å². The topological polar surface area (TPSA) is 27.0 Å². The molecule has 2 unspecified atom stereocenters. The van der Waals surface area contributed by atoms with Gasteiger partial charge in [-0.3, -0.25) is 4.90 Å². The molecular weight excluding hydrogens is 264 g/mol. The molecule has 0 aliphatic carbocycles. The molecule has 0 aromatic heterocycles. The van der Waals surface area contributed by atoms with Gasteiger partial charge in [-0.15, -0.1) is 11.8 Å². The van der Waals surface area contributed by atoms with Crippen molar-refractivity contribution in [3.63, 3.8) is 0 Å². The van der Waals surface area contributed by atoms with E-state index in [0.29, 0.717) is 5.92 Å². The summed E-state index contributed by atoms with van der Waals surface area (Å²) in [5.41, 5.74) is 0.875. The van der Waals surface area contributed by atoms with Crippen LogP contribution < -0.4 is 0 Å². The van der Waals surface area contributed by atoms with Gasteiger partial charge < -0.3 is 0 Å². The zero-order valence-corrected chi connectivity index (χ0v) is 13.5. The van der Waals surface area contributed by atoms with Crippen LogP contribution in [0.1, 0.15) is 32.3 Å². The fourth-order valence-electron chi connectivity index (χ4n) is 3.00. The molecular formula is C17H24N2S. The molecule has 0 N–H and O–H groups in total. The summed E-state index contributed by atoms with van der Waals surface area (Å²) in [4.78, 5) is 3.66. The average molecular weight is 288 g/mol. The van der Waals surface area contributed by atoms with Gasteiger partial charge in [0.25, 0.3) is 0 Å². The maximum Gasteiger partial charge on any atom is 0.110 e. The molecule has 2 nitrogen and oxygen atoms in total. The van der Waals surface area contributed by atoms with E-state index < -0.39 is 0 Å². The lowest BCUT2D eigenvalue weighted by molar-refractivity contribution is 0.0959. The third-order valence-electron chi connectivity index (χ3n) is 4.30. The minimum absolute atomic E-state index is 0.379. The van der Waals surface area contributed by atoms with E-state index in [9.17, 15) is 5.26 Å². The predicted molar refractivity (Wildman–Crippen MR) is 85.9 cm³/mol. The zero-order chi connectivity index (χ0) is 14.6. The van der Waals surface area contributed by atoms with E-state index in [1.807, 2.05) is 0 Å². The first-order valence-corrected chi connectivity index (χ1v) is 8.59. The van der Waals surface area contributed by atoms with E-state index >= 15 is 0 Å². The molecule has 1 saturated heterocycles. The Labute approximate surface area is 127 Å². The number of benzene rings is 1. The maximum atomic E-state index is 9.69. The Balaban J connectivity index is 2.11. The predicted octanol–water partition coefficient (Wildman–Crippen LogP) is 3.97. The highest BCUT2D eigenvalue weighted by Gasteiger charge is 2.34. The van der Waals surface area contributed by atoms with E-state index in [1.165, 1.54) is 23.3 Å². The standard InChI is InChI=1S/C17H24N2S/c1-14-5-4-10-19(12-14)17(2,13-18)11-15-6-8-16(20-3)9-7-15/h6-9,14H,4-5,10-12H2,1-3H3. The molecule has 2 atom stereocenters. The van der Waals surface area contributed by atoms with Gasteiger partial charge in [0, 0.05) is 17.9 Å². The van der Waals surface area contributed by atoms with Crippen molar-refractivity contribution in [3.8, 4) is 6.07 Å². The minimum Gasteiger partial charge on any atom is -0.285 e. The van der Waals surface area contributed by atoms with Crippen molar-refractivity contribution < 1.29 is 0 Å². The molecule has 1 aromatic rings. The zero-order valence-electron chi connectivity index (χ0n) is 12.7. The Morgan fingerprint density at radius 1 is 1.40 bits per heavy atom. The van der Waals surface area contributed by atoms with Crippen molar-refractivity contribution in [2.75, 3.05) is 19.3 Å². The van der Waals surface area contributed by atoms with Gasteiger partial charge in [0.05, 0.1) is 6.07 Å². The van der Waals surface area contributed by atoms with Crippen LogP contribution in [0.5, 0.6) is 0 Å². The van der Waals surface area contributed by atoms with Crippen LogP contribution in [0.25, 0.3) is 0 Å². The van der Waals surface area contributed by atoms with Gasteiger partial charge in [-0.1, -0.05) is 19.1 Å². The number of hydrogen-bond acceptors (Lipinski definition) is 3. The molecule has 1 aromatic carbocycles. The summed E-state index contributed by atoms with van der Waals surface area (Å²) >= 11 is 1.75. The van der Waals surface area contributed by atoms with Crippen molar-refractivity contribution in [2.45, 2.75) is 43.5 Å². The highest BCUT2D eigenvalue weighted by Crippen LogP contribution is 2.27. The normalized spacial score (nSPS) is 23.0. The monoisotopic (exact) mass is 288 g/mol. The Morgan fingerprint density at radius 2 is 2.10 bits per heavy atom. The van der Waals surface area contributed by atoms with Crippen LogP contribution in [0.15, 0.2) is 29.2 Å². The molecule has 1 aliphatic heterocycles. The molecule has 0 bridgehead atoms. The first-order chi connectivity index (χ1) is 9.57. The van der Waals surface area contributed by atoms with Crippen molar-refractivity contribution in [3.05, 3.63) is 29.8 Å². The Morgan fingerprint density at radius 3 is 2.65 bits per heavy atom.